The smallest absolute Gasteiger partial charge is 0.279 e. The van der Waals surface area contributed by atoms with Crippen LogP contribution in [0.3, 0.4) is 0 Å². The van der Waals surface area contributed by atoms with E-state index in [1.807, 2.05) is 0 Å². The van der Waals surface area contributed by atoms with Gasteiger partial charge in [0.25, 0.3) is 5.92 Å². The molecule has 2 aromatic carbocycles. The second-order valence-corrected chi connectivity index (χ2v) is 11.1. The summed E-state index contributed by atoms with van der Waals surface area (Å²) in [6, 6.07) is 3.29. The maximum Gasteiger partial charge on any atom is 0.279 e. The second kappa shape index (κ2) is 16.4. The first-order valence-corrected chi connectivity index (χ1v) is 15.3. The van der Waals surface area contributed by atoms with E-state index in [0.717, 1.165) is 69.6 Å². The van der Waals surface area contributed by atoms with Crippen LogP contribution in [0, 0.1) is 29.2 Å². The molecule has 1 aliphatic rings. The molecule has 0 amide bonds. The maximum atomic E-state index is 15.4. The van der Waals surface area contributed by atoms with Crippen molar-refractivity contribution in [1.82, 2.24) is 0 Å². The van der Waals surface area contributed by atoms with E-state index in [-0.39, 0.29) is 37.2 Å². The van der Waals surface area contributed by atoms with E-state index in [0.29, 0.717) is 32.5 Å². The van der Waals surface area contributed by atoms with Crippen LogP contribution in [0.15, 0.2) is 18.2 Å². The molecular weight excluding hydrogens is 542 g/mol. The van der Waals surface area contributed by atoms with Crippen LogP contribution >= 0.6 is 0 Å². The zero-order valence-electron chi connectivity index (χ0n) is 24.4. The molecule has 0 fully saturated rings. The number of unbranched alkanes of at least 4 members (excludes halogenated alkanes) is 8. The van der Waals surface area contributed by atoms with Gasteiger partial charge in [-0.05, 0) is 62.3 Å². The topological polar surface area (TPSA) is 18.5 Å². The Morgan fingerprint density at radius 2 is 1.34 bits per heavy atom. The van der Waals surface area contributed by atoms with Crippen molar-refractivity contribution in [3.63, 3.8) is 0 Å². The molecule has 0 saturated carbocycles. The van der Waals surface area contributed by atoms with E-state index in [1.165, 1.54) is 0 Å². The lowest BCUT2D eigenvalue weighted by Gasteiger charge is -2.34. The minimum Gasteiger partial charge on any atom is -0.490 e. The summed E-state index contributed by atoms with van der Waals surface area (Å²) in [6.07, 6.45) is 10.6. The first-order valence-electron chi connectivity index (χ1n) is 15.3. The summed E-state index contributed by atoms with van der Waals surface area (Å²) in [5, 5.41) is 0. The summed E-state index contributed by atoms with van der Waals surface area (Å²) < 4.78 is 102. The molecule has 0 saturated heterocycles. The average molecular weight is 587 g/mol. The quantitative estimate of drug-likeness (QED) is 0.128. The third kappa shape index (κ3) is 8.65. The predicted octanol–water partition coefficient (Wildman–Crippen LogP) is 10.7. The van der Waals surface area contributed by atoms with Gasteiger partial charge < -0.3 is 9.47 Å². The molecule has 0 spiro atoms. The van der Waals surface area contributed by atoms with Gasteiger partial charge in [0.1, 0.15) is 0 Å². The fraction of sp³-hybridized carbons (Fsp3) is 0.636. The van der Waals surface area contributed by atoms with Crippen LogP contribution < -0.4 is 4.74 Å². The van der Waals surface area contributed by atoms with Crippen LogP contribution in [0.2, 0.25) is 0 Å². The first kappa shape index (κ1) is 33.3. The van der Waals surface area contributed by atoms with Crippen LogP contribution in [0.25, 0.3) is 11.1 Å². The predicted molar refractivity (Wildman–Crippen MR) is 150 cm³/mol. The number of hydrogen-bond donors (Lipinski definition) is 0. The highest BCUT2D eigenvalue weighted by molar-refractivity contribution is 5.68. The monoisotopic (exact) mass is 586 g/mol. The van der Waals surface area contributed by atoms with E-state index >= 15 is 22.0 Å². The highest BCUT2D eigenvalue weighted by Gasteiger charge is 2.48. The maximum absolute atomic E-state index is 15.4. The zero-order valence-corrected chi connectivity index (χ0v) is 24.4. The van der Waals surface area contributed by atoms with Gasteiger partial charge in [0, 0.05) is 30.3 Å². The molecule has 230 valence electrons. The Morgan fingerprint density at radius 1 is 0.707 bits per heavy atom. The number of ether oxygens (including phenoxy) is 2. The number of hydrogen-bond acceptors (Lipinski definition) is 2. The Bertz CT molecular complexity index is 1100. The van der Waals surface area contributed by atoms with Gasteiger partial charge >= 0.3 is 0 Å². The Balaban J connectivity index is 1.67. The summed E-state index contributed by atoms with van der Waals surface area (Å²) in [7, 11) is 0. The average Bonchev–Trinajstić information content (AvgIpc) is 2.94. The van der Waals surface area contributed by atoms with E-state index in [9.17, 15) is 4.39 Å². The van der Waals surface area contributed by atoms with Gasteiger partial charge in [-0.1, -0.05) is 65.2 Å². The second-order valence-electron chi connectivity index (χ2n) is 11.1. The summed E-state index contributed by atoms with van der Waals surface area (Å²) in [5.41, 5.74) is -2.12. The van der Waals surface area contributed by atoms with Gasteiger partial charge in [-0.2, -0.15) is 4.39 Å². The fourth-order valence-corrected chi connectivity index (χ4v) is 5.51. The number of aryl methyl sites for hydroxylation is 1. The normalized spacial score (nSPS) is 16.1. The molecule has 2 nitrogen and oxygen atoms in total. The van der Waals surface area contributed by atoms with Gasteiger partial charge in [0.2, 0.25) is 5.82 Å². The third-order valence-electron chi connectivity index (χ3n) is 7.97. The highest BCUT2D eigenvalue weighted by Crippen LogP contribution is 2.49. The lowest BCUT2D eigenvalue weighted by molar-refractivity contribution is -0.0823. The van der Waals surface area contributed by atoms with E-state index in [4.69, 9.17) is 9.47 Å². The van der Waals surface area contributed by atoms with Gasteiger partial charge in [0.05, 0.1) is 12.2 Å². The van der Waals surface area contributed by atoms with E-state index in [2.05, 4.69) is 13.8 Å². The molecule has 1 unspecified atom stereocenters. The van der Waals surface area contributed by atoms with Crippen LogP contribution in [0.5, 0.6) is 5.75 Å². The van der Waals surface area contributed by atoms with Crippen molar-refractivity contribution < 1.29 is 35.8 Å². The van der Waals surface area contributed by atoms with Crippen molar-refractivity contribution >= 4 is 0 Å². The van der Waals surface area contributed by atoms with Crippen molar-refractivity contribution in [1.29, 1.82) is 0 Å². The zero-order chi connectivity index (χ0) is 29.8. The number of fused-ring (bicyclic) bond motifs is 1. The largest absolute Gasteiger partial charge is 0.490 e. The molecule has 0 aliphatic heterocycles. The van der Waals surface area contributed by atoms with Crippen LogP contribution in [-0.4, -0.2) is 19.8 Å². The Kier molecular flexibility index (Phi) is 13.3. The number of rotatable bonds is 18. The van der Waals surface area contributed by atoms with Crippen LogP contribution in [-0.2, 0) is 17.1 Å². The summed E-state index contributed by atoms with van der Waals surface area (Å²) in [5.74, 6) is -11.0. The fourth-order valence-electron chi connectivity index (χ4n) is 5.51. The number of alkyl halides is 2. The summed E-state index contributed by atoms with van der Waals surface area (Å²) in [4.78, 5) is 0. The van der Waals surface area contributed by atoms with Crippen LogP contribution in [0.4, 0.5) is 26.3 Å². The summed E-state index contributed by atoms with van der Waals surface area (Å²) >= 11 is 0. The highest BCUT2D eigenvalue weighted by atomic mass is 19.3. The first-order chi connectivity index (χ1) is 19.7. The van der Waals surface area contributed by atoms with Gasteiger partial charge in [0.15, 0.2) is 23.2 Å². The van der Waals surface area contributed by atoms with Crippen molar-refractivity contribution in [2.24, 2.45) is 5.92 Å². The SMILES string of the molecule is CCCCCCCCCC1CCc2cc(-c3ccc(OCCCCOCCCC)c(F)c3F)c(F)c(F)c2C1(F)F. The molecule has 0 N–H and O–H groups in total. The molecule has 0 radical (unpaired) electrons. The summed E-state index contributed by atoms with van der Waals surface area (Å²) in [6.45, 7) is 5.54. The molecule has 3 rings (SSSR count). The molecule has 0 heterocycles. The molecule has 41 heavy (non-hydrogen) atoms. The van der Waals surface area contributed by atoms with Crippen molar-refractivity contribution in [3.8, 4) is 16.9 Å². The Hall–Kier alpha value is -2.22. The van der Waals surface area contributed by atoms with Gasteiger partial charge in [-0.25, -0.2) is 22.0 Å². The molecule has 1 atom stereocenters. The minimum atomic E-state index is -3.54. The standard InChI is InChI=1S/C33H44F6O2/c1-3-5-7-8-9-10-11-14-24-16-15-23-22-26(30(35)32(37)28(23)33(24,38)39)25-17-18-27(31(36)29(25)34)41-21-13-12-20-40-19-6-4-2/h17-18,22,24H,3-16,19-21H2,1-2H3. The van der Waals surface area contributed by atoms with E-state index < -0.39 is 51.8 Å². The van der Waals surface area contributed by atoms with Gasteiger partial charge in [-0.15, -0.1) is 0 Å². The van der Waals surface area contributed by atoms with Crippen LogP contribution in [0.1, 0.15) is 108 Å². The van der Waals surface area contributed by atoms with Crippen molar-refractivity contribution in [3.05, 3.63) is 52.6 Å². The Morgan fingerprint density at radius 3 is 2.07 bits per heavy atom. The van der Waals surface area contributed by atoms with Crippen molar-refractivity contribution in [2.45, 2.75) is 110 Å². The minimum absolute atomic E-state index is 0.0685. The molecule has 8 heteroatoms. The molecular formula is C33H44F6O2. The third-order valence-corrected chi connectivity index (χ3v) is 7.97. The lowest BCUT2D eigenvalue weighted by Crippen LogP contribution is -2.33. The number of halogens is 6. The lowest BCUT2D eigenvalue weighted by atomic mass is 9.77. The van der Waals surface area contributed by atoms with Crippen molar-refractivity contribution in [2.75, 3.05) is 19.8 Å². The molecule has 2 aromatic rings. The molecule has 1 aliphatic carbocycles. The van der Waals surface area contributed by atoms with E-state index in [1.54, 1.807) is 0 Å². The Labute approximate surface area is 240 Å². The van der Waals surface area contributed by atoms with Gasteiger partial charge in [-0.3, -0.25) is 0 Å². The molecule has 0 bridgehead atoms. The number of benzene rings is 2. The molecule has 0 aromatic heterocycles.